The number of aryl methyl sites for hydroxylation is 1. The fourth-order valence-electron chi connectivity index (χ4n) is 7.01. The monoisotopic (exact) mass is 685 g/mol. The summed E-state index contributed by atoms with van der Waals surface area (Å²) in [7, 11) is 0. The molecule has 3 aromatic heterocycles. The number of carbonyl (C=O) groups excluding carboxylic acids is 1. The van der Waals surface area contributed by atoms with Gasteiger partial charge in [-0.15, -0.1) is 11.3 Å². The summed E-state index contributed by atoms with van der Waals surface area (Å²) in [6, 6.07) is 17.1. The van der Waals surface area contributed by atoms with E-state index in [0.717, 1.165) is 65.8 Å². The summed E-state index contributed by atoms with van der Waals surface area (Å²) in [4.78, 5) is 23.3. The number of nitrogens with zero attached hydrogens (tertiary/aromatic N) is 5. The number of anilines is 2. The summed E-state index contributed by atoms with van der Waals surface area (Å²) in [5.41, 5.74) is 5.23. The van der Waals surface area contributed by atoms with Gasteiger partial charge in [-0.05, 0) is 72.9 Å². The van der Waals surface area contributed by atoms with Crippen LogP contribution in [0.4, 0.5) is 24.7 Å². The average Bonchev–Trinajstić information content (AvgIpc) is 3.37. The minimum Gasteiger partial charge on any atom is -0.390 e. The lowest BCUT2D eigenvalue weighted by Crippen LogP contribution is -2.39. The van der Waals surface area contributed by atoms with Crippen LogP contribution in [-0.2, 0) is 17.8 Å². The van der Waals surface area contributed by atoms with Crippen LogP contribution in [0.5, 0.6) is 0 Å². The van der Waals surface area contributed by atoms with Crippen molar-refractivity contribution in [3.05, 3.63) is 94.8 Å². The number of rotatable bonds is 9. The number of amides is 1. The number of nitriles is 1. The van der Waals surface area contributed by atoms with E-state index in [4.69, 9.17) is 0 Å². The molecule has 3 atom stereocenters. The van der Waals surface area contributed by atoms with Crippen LogP contribution in [0.15, 0.2) is 67.5 Å². The molecule has 1 amide bonds. The molecule has 1 aliphatic heterocycles. The maximum Gasteiger partial charge on any atom is 0.393 e. The molecular weight excluding hydrogens is 652 g/mol. The number of hydrogen-bond acceptors (Lipinski definition) is 8. The fraction of sp³-hybridized carbons (Fsp3) is 0.333. The molecule has 3 unspecified atom stereocenters. The molecule has 4 heterocycles. The molecule has 3 N–H and O–H groups in total. The Morgan fingerprint density at radius 2 is 1.90 bits per heavy atom. The number of piperidine rings is 1. The second-order valence-corrected chi connectivity index (χ2v) is 13.9. The molecule has 0 spiro atoms. The zero-order valence-corrected chi connectivity index (χ0v) is 27.5. The van der Waals surface area contributed by atoms with Gasteiger partial charge in [-0.3, -0.25) is 9.69 Å². The quantitative estimate of drug-likeness (QED) is 0.146. The van der Waals surface area contributed by atoms with Crippen molar-refractivity contribution in [1.29, 1.82) is 5.26 Å². The number of benzene rings is 2. The van der Waals surface area contributed by atoms with Crippen LogP contribution in [-0.4, -0.2) is 61.9 Å². The van der Waals surface area contributed by atoms with E-state index in [9.17, 15) is 28.3 Å². The number of aliphatic hydroxyl groups is 1. The highest BCUT2D eigenvalue weighted by Gasteiger charge is 2.52. The van der Waals surface area contributed by atoms with Crippen molar-refractivity contribution in [3.63, 3.8) is 0 Å². The number of thiophene rings is 1. The third-order valence-electron chi connectivity index (χ3n) is 9.59. The zero-order valence-electron chi connectivity index (χ0n) is 26.7. The highest BCUT2D eigenvalue weighted by molar-refractivity contribution is 7.18. The lowest BCUT2D eigenvalue weighted by atomic mass is 10.0. The van der Waals surface area contributed by atoms with Gasteiger partial charge in [0.2, 0.25) is 5.91 Å². The van der Waals surface area contributed by atoms with Gasteiger partial charge in [0, 0.05) is 53.1 Å². The van der Waals surface area contributed by atoms with E-state index in [1.807, 2.05) is 28.8 Å². The number of nitrogens with one attached hydrogen (secondary N) is 2. The number of halogens is 3. The highest BCUT2D eigenvalue weighted by Crippen LogP contribution is 2.53. The predicted octanol–water partition coefficient (Wildman–Crippen LogP) is 6.83. The molecule has 2 aliphatic rings. The minimum absolute atomic E-state index is 0.135. The van der Waals surface area contributed by atoms with Gasteiger partial charge in [-0.2, -0.15) is 18.4 Å². The SMILES string of the molecule is C=CC(=O)Nc1ccc(C2C(O)C2n2c(C#N)cc3c(C)c(CN4CCC(Nc5ncnc6sc(CC(F)(F)F)cc56)CC4)ccc32)cc1. The van der Waals surface area contributed by atoms with Crippen molar-refractivity contribution >= 4 is 49.9 Å². The van der Waals surface area contributed by atoms with Crippen LogP contribution < -0.4 is 10.6 Å². The molecule has 0 radical (unpaired) electrons. The molecule has 7 rings (SSSR count). The van der Waals surface area contributed by atoms with Crippen molar-refractivity contribution in [2.24, 2.45) is 0 Å². The summed E-state index contributed by atoms with van der Waals surface area (Å²) in [6.45, 7) is 7.96. The summed E-state index contributed by atoms with van der Waals surface area (Å²) < 4.78 is 40.8. The number of fused-ring (bicyclic) bond motifs is 2. The maximum atomic E-state index is 13.0. The molecule has 9 nitrogen and oxygen atoms in total. The Balaban J connectivity index is 1.02. The van der Waals surface area contributed by atoms with Gasteiger partial charge >= 0.3 is 6.18 Å². The van der Waals surface area contributed by atoms with E-state index in [1.54, 1.807) is 18.2 Å². The van der Waals surface area contributed by atoms with Gasteiger partial charge in [-0.25, -0.2) is 9.97 Å². The molecule has 252 valence electrons. The predicted molar refractivity (Wildman–Crippen MR) is 184 cm³/mol. The molecule has 1 saturated heterocycles. The Morgan fingerprint density at radius 1 is 1.14 bits per heavy atom. The third-order valence-corrected chi connectivity index (χ3v) is 10.6. The Hall–Kier alpha value is -4.77. The van der Waals surface area contributed by atoms with Crippen LogP contribution >= 0.6 is 11.3 Å². The number of aromatic nitrogens is 3. The van der Waals surface area contributed by atoms with Crippen LogP contribution in [0.1, 0.15) is 52.1 Å². The third kappa shape index (κ3) is 6.64. The normalized spacial score (nSPS) is 20.0. The molecule has 1 aliphatic carbocycles. The lowest BCUT2D eigenvalue weighted by Gasteiger charge is -2.33. The zero-order chi connectivity index (χ0) is 34.4. The van der Waals surface area contributed by atoms with Crippen molar-refractivity contribution in [2.45, 2.75) is 63.0 Å². The van der Waals surface area contributed by atoms with Crippen molar-refractivity contribution in [2.75, 3.05) is 23.7 Å². The van der Waals surface area contributed by atoms with E-state index in [2.05, 4.69) is 51.1 Å². The summed E-state index contributed by atoms with van der Waals surface area (Å²) in [5, 5.41) is 28.9. The van der Waals surface area contributed by atoms with Gasteiger partial charge in [0.05, 0.1) is 24.0 Å². The van der Waals surface area contributed by atoms with E-state index in [1.165, 1.54) is 18.0 Å². The van der Waals surface area contributed by atoms with Crippen molar-refractivity contribution < 1.29 is 23.1 Å². The first-order valence-electron chi connectivity index (χ1n) is 16.1. The molecule has 2 fully saturated rings. The summed E-state index contributed by atoms with van der Waals surface area (Å²) in [6.07, 6.45) is -1.59. The van der Waals surface area contributed by atoms with Gasteiger partial charge in [0.25, 0.3) is 0 Å². The first kappa shape index (κ1) is 32.8. The van der Waals surface area contributed by atoms with Crippen LogP contribution in [0, 0.1) is 18.3 Å². The standard InChI is InChI=1S/C36H34F3N7O2S/c1-3-30(47)43-23-7-4-21(5-8-23)31-32(33(31)48)46-25(17-40)14-27-20(2)22(6-9-29(27)46)18-45-12-10-24(11-13-45)44-34-28-15-26(16-36(37,38)39)49-35(28)42-19-41-34/h3-9,14-15,19,24,31-33,48H,1,10-13,16,18H2,2H3,(H,43,47)(H,41,42,44). The molecular formula is C36H34F3N7O2S. The topological polar surface area (TPSA) is 119 Å². The number of hydrogen-bond donors (Lipinski definition) is 3. The molecule has 0 bridgehead atoms. The second-order valence-electron chi connectivity index (χ2n) is 12.8. The Morgan fingerprint density at radius 3 is 2.59 bits per heavy atom. The molecule has 2 aromatic carbocycles. The number of likely N-dealkylation sites (tertiary alicyclic amines) is 1. The van der Waals surface area contributed by atoms with Gasteiger partial charge in [0.1, 0.15) is 28.7 Å². The van der Waals surface area contributed by atoms with Gasteiger partial charge < -0.3 is 20.3 Å². The highest BCUT2D eigenvalue weighted by atomic mass is 32.1. The minimum atomic E-state index is -4.27. The van der Waals surface area contributed by atoms with E-state index >= 15 is 0 Å². The number of aliphatic hydroxyl groups excluding tert-OH is 1. The van der Waals surface area contributed by atoms with Crippen molar-refractivity contribution in [3.8, 4) is 6.07 Å². The number of alkyl halides is 3. The molecule has 5 aromatic rings. The first-order valence-corrected chi connectivity index (χ1v) is 16.9. The van der Waals surface area contributed by atoms with Crippen LogP contribution in [0.3, 0.4) is 0 Å². The van der Waals surface area contributed by atoms with E-state index < -0.39 is 18.7 Å². The Labute approximate surface area is 284 Å². The molecule has 1 saturated carbocycles. The summed E-state index contributed by atoms with van der Waals surface area (Å²) >= 11 is 1.05. The smallest absolute Gasteiger partial charge is 0.390 e. The second kappa shape index (κ2) is 12.9. The largest absolute Gasteiger partial charge is 0.393 e. The molecule has 13 heteroatoms. The van der Waals surface area contributed by atoms with E-state index in [0.29, 0.717) is 27.4 Å². The lowest BCUT2D eigenvalue weighted by molar-refractivity contribution is -0.126. The first-order chi connectivity index (χ1) is 23.5. The van der Waals surface area contributed by atoms with Crippen molar-refractivity contribution in [1.82, 2.24) is 19.4 Å². The van der Waals surface area contributed by atoms with E-state index in [-0.39, 0.29) is 28.8 Å². The van der Waals surface area contributed by atoms with Crippen LogP contribution in [0.2, 0.25) is 0 Å². The molecule has 49 heavy (non-hydrogen) atoms. The Bertz CT molecular complexity index is 2090. The average molecular weight is 686 g/mol. The van der Waals surface area contributed by atoms with Crippen LogP contribution in [0.25, 0.3) is 21.1 Å². The fourth-order valence-corrected chi connectivity index (χ4v) is 8.04. The number of carbonyl (C=O) groups is 1. The summed E-state index contributed by atoms with van der Waals surface area (Å²) in [5.74, 6) is 0.0988. The van der Waals surface area contributed by atoms with Gasteiger partial charge in [0.15, 0.2) is 0 Å². The maximum absolute atomic E-state index is 13.0. The Kier molecular flexibility index (Phi) is 8.64. The van der Waals surface area contributed by atoms with Gasteiger partial charge in [-0.1, -0.05) is 24.8 Å².